The summed E-state index contributed by atoms with van der Waals surface area (Å²) in [5, 5.41) is 31.9. The molecule has 0 N–H and O–H groups in total. The van der Waals surface area contributed by atoms with Crippen LogP contribution in [0.1, 0.15) is 13.8 Å². The zero-order valence-electron chi connectivity index (χ0n) is 50.6. The van der Waals surface area contributed by atoms with Crippen LogP contribution in [0.15, 0.2) is 249 Å². The molecule has 0 saturated heterocycles. The quantitative estimate of drug-likeness (QED) is 0.0943. The summed E-state index contributed by atoms with van der Waals surface area (Å²) in [5.74, 6) is 35.6. The number of fused-ring (bicyclic) bond motifs is 16. The second-order valence-corrected chi connectivity index (χ2v) is 23.6. The number of nitrogens with zero attached hydrogens (tertiary/aromatic N) is 1. The molecule has 0 saturated carbocycles. The Hall–Kier alpha value is -13.2. The van der Waals surface area contributed by atoms with E-state index in [4.69, 9.17) is 0 Å². The number of hydrogen-bond acceptors (Lipinski definition) is 1. The molecule has 420 valence electrons. The SMILES string of the molecule is CC#CC#CC#CC#CC#CC#CC#CC.c1ccc(-c2ccccc2-c2c3cc4c5cccc6c(N(c7ccccc7)c7ccccc7)ccc(c65)c4c4c5ccccc5c(c5c6ccc7c8ccc9c%10c(ccc(c%11ccc(c25)c6c%117)c%108)-c2ccccc2-9)c34)cc1. The first-order valence-corrected chi connectivity index (χ1v) is 31.3. The number of benzene rings is 15. The molecule has 1 aliphatic carbocycles. The van der Waals surface area contributed by atoms with Crippen molar-refractivity contribution in [2.24, 2.45) is 0 Å². The van der Waals surface area contributed by atoms with Gasteiger partial charge in [-0.15, -0.1) is 0 Å². The smallest absolute Gasteiger partial charge is 0.0540 e. The van der Waals surface area contributed by atoms with Crippen LogP contribution < -0.4 is 4.90 Å². The van der Waals surface area contributed by atoms with Gasteiger partial charge >= 0.3 is 0 Å². The van der Waals surface area contributed by atoms with Crippen LogP contribution in [0.2, 0.25) is 0 Å². The van der Waals surface area contributed by atoms with Gasteiger partial charge in [-0.1, -0.05) is 224 Å². The predicted molar refractivity (Wildman–Crippen MR) is 397 cm³/mol. The van der Waals surface area contributed by atoms with Gasteiger partial charge in [0.05, 0.1) is 5.69 Å². The molecule has 18 aromatic carbocycles. The van der Waals surface area contributed by atoms with Gasteiger partial charge in [-0.25, -0.2) is 0 Å². The number of para-hydroxylation sites is 2. The highest BCUT2D eigenvalue weighted by molar-refractivity contribution is 6.55. The maximum absolute atomic E-state index is 2.63. The Balaban J connectivity index is 0.000000355. The van der Waals surface area contributed by atoms with Crippen LogP contribution in [0, 0.1) is 82.9 Å². The van der Waals surface area contributed by atoms with Crippen LogP contribution in [0.5, 0.6) is 0 Å². The first kappa shape index (κ1) is 52.9. The second-order valence-electron chi connectivity index (χ2n) is 23.6. The van der Waals surface area contributed by atoms with Gasteiger partial charge in [0.1, 0.15) is 0 Å². The molecule has 0 heterocycles. The van der Waals surface area contributed by atoms with Crippen molar-refractivity contribution in [1.29, 1.82) is 0 Å². The summed E-state index contributed by atoms with van der Waals surface area (Å²) in [7, 11) is 0. The van der Waals surface area contributed by atoms with Gasteiger partial charge in [0.2, 0.25) is 0 Å². The molecule has 0 aromatic heterocycles. The molecule has 93 heavy (non-hydrogen) atoms. The fourth-order valence-electron chi connectivity index (χ4n) is 15.7. The topological polar surface area (TPSA) is 3.24 Å². The Kier molecular flexibility index (Phi) is 12.1. The minimum absolute atomic E-state index is 1.13. The van der Waals surface area contributed by atoms with E-state index in [9.17, 15) is 0 Å². The molecule has 0 aliphatic heterocycles. The van der Waals surface area contributed by atoms with Crippen molar-refractivity contribution in [2.45, 2.75) is 13.8 Å². The van der Waals surface area contributed by atoms with Crippen molar-refractivity contribution >= 4 is 146 Å². The van der Waals surface area contributed by atoms with Crippen molar-refractivity contribution in [1.82, 2.24) is 0 Å². The van der Waals surface area contributed by atoms with Crippen LogP contribution in [0.3, 0.4) is 0 Å². The third-order valence-electron chi connectivity index (χ3n) is 19.1. The van der Waals surface area contributed by atoms with Gasteiger partial charge in [-0.05, 0) is 290 Å². The molecule has 0 unspecified atom stereocenters. The van der Waals surface area contributed by atoms with E-state index in [1.54, 1.807) is 13.8 Å². The third kappa shape index (κ3) is 7.83. The largest absolute Gasteiger partial charge is 0.310 e. The molecule has 0 bridgehead atoms. The average Bonchev–Trinajstić information content (AvgIpc) is 1.50. The van der Waals surface area contributed by atoms with Gasteiger partial charge in [0.15, 0.2) is 0 Å². The lowest BCUT2D eigenvalue weighted by molar-refractivity contribution is 1.30. The van der Waals surface area contributed by atoms with Crippen molar-refractivity contribution < 1.29 is 0 Å². The minimum Gasteiger partial charge on any atom is -0.310 e. The Bertz CT molecular complexity index is 6530. The van der Waals surface area contributed by atoms with Crippen molar-refractivity contribution in [3.63, 3.8) is 0 Å². The predicted octanol–water partition coefficient (Wildman–Crippen LogP) is 22.8. The highest BCUT2D eigenvalue weighted by atomic mass is 15.1. The Morgan fingerprint density at radius 3 is 1.13 bits per heavy atom. The maximum Gasteiger partial charge on any atom is 0.0540 e. The summed E-state index contributed by atoms with van der Waals surface area (Å²) in [6.45, 7) is 3.42. The van der Waals surface area contributed by atoms with E-state index in [0.717, 1.165) is 11.4 Å². The molecule has 0 atom stereocenters. The molecule has 18 aromatic rings. The zero-order chi connectivity index (χ0) is 61.7. The van der Waals surface area contributed by atoms with Crippen molar-refractivity contribution in [2.75, 3.05) is 4.90 Å². The number of hydrogen-bond donors (Lipinski definition) is 0. The van der Waals surface area contributed by atoms with E-state index in [-0.39, 0.29) is 0 Å². The molecule has 19 rings (SSSR count). The summed E-state index contributed by atoms with van der Waals surface area (Å²) in [5.41, 5.74) is 13.8. The maximum atomic E-state index is 2.63. The van der Waals surface area contributed by atoms with Crippen LogP contribution >= 0.6 is 0 Å². The lowest BCUT2D eigenvalue weighted by Crippen LogP contribution is -2.10. The van der Waals surface area contributed by atoms with Crippen molar-refractivity contribution in [3.05, 3.63) is 249 Å². The molecular weight excluding hydrogens is 1120 g/mol. The second kappa shape index (κ2) is 21.3. The van der Waals surface area contributed by atoms with Crippen molar-refractivity contribution in [3.8, 4) is 127 Å². The van der Waals surface area contributed by atoms with Crippen LogP contribution in [0.25, 0.3) is 174 Å². The molecule has 1 nitrogen and oxygen atoms in total. The van der Waals surface area contributed by atoms with E-state index in [1.165, 1.54) is 179 Å². The van der Waals surface area contributed by atoms with E-state index < -0.39 is 0 Å². The van der Waals surface area contributed by atoms with Gasteiger partial charge < -0.3 is 4.90 Å². The van der Waals surface area contributed by atoms with E-state index in [2.05, 4.69) is 337 Å². The van der Waals surface area contributed by atoms with E-state index >= 15 is 0 Å². The fourth-order valence-corrected chi connectivity index (χ4v) is 15.7. The highest BCUT2D eigenvalue weighted by Gasteiger charge is 2.32. The summed E-state index contributed by atoms with van der Waals surface area (Å²) in [6.07, 6.45) is 0. The summed E-state index contributed by atoms with van der Waals surface area (Å²) in [4.78, 5) is 2.43. The van der Waals surface area contributed by atoms with E-state index in [1.807, 2.05) is 0 Å². The first-order chi connectivity index (χ1) is 46.2. The summed E-state index contributed by atoms with van der Waals surface area (Å²) < 4.78 is 0. The summed E-state index contributed by atoms with van der Waals surface area (Å²) in [6, 6.07) is 94.1. The normalized spacial score (nSPS) is 11.2. The van der Waals surface area contributed by atoms with Gasteiger partial charge in [0, 0.05) is 16.8 Å². The highest BCUT2D eigenvalue weighted by Crippen LogP contribution is 2.60. The molecule has 1 heteroatoms. The minimum atomic E-state index is 1.13. The third-order valence-corrected chi connectivity index (χ3v) is 19.1. The first-order valence-electron chi connectivity index (χ1n) is 31.3. The fraction of sp³-hybridized carbons (Fsp3) is 0.0217. The zero-order valence-corrected chi connectivity index (χ0v) is 50.6. The lowest BCUT2D eigenvalue weighted by Gasteiger charge is -2.27. The molecule has 0 radical (unpaired) electrons. The molecule has 0 fully saturated rings. The summed E-state index contributed by atoms with van der Waals surface area (Å²) >= 11 is 0. The Morgan fingerprint density at radius 2 is 0.559 bits per heavy atom. The lowest BCUT2D eigenvalue weighted by atomic mass is 9.85. The Labute approximate surface area is 537 Å². The number of rotatable bonds is 5. The molecule has 0 spiro atoms. The van der Waals surface area contributed by atoms with E-state index in [0.29, 0.717) is 0 Å². The van der Waals surface area contributed by atoms with Crippen LogP contribution in [-0.4, -0.2) is 0 Å². The molecule has 1 aliphatic rings. The molecule has 0 amide bonds. The monoisotopic (exact) mass is 1170 g/mol. The van der Waals surface area contributed by atoms with Gasteiger partial charge in [-0.2, -0.15) is 0 Å². The standard InChI is InChI=1S/C76H41N.C16H6/c1-4-17-42(18-5-1)45-23-10-13-26-48(45)69-63-41-62-51-29-16-30-58-64(77(43-19-6-2-7-20-43)44-21-8-3-9-22-44)40-39-59(65(51)58)71(62)72-49-27-14-15-28-50(49)73(76(63)72)75-61-38-36-57-55-34-32-53-47-25-12-11-24-46(47)52-31-33-54(67(55)66(52)53)56-35-37-60(74(69)75)70(61)68(56)57;1-3-5-7-9-11-13-15-16-14-12-10-8-6-4-2/h1-41H;1-2H3. The molecular formula is C92H47N. The Morgan fingerprint density at radius 1 is 0.204 bits per heavy atom. The average molecular weight is 1170 g/mol. The van der Waals surface area contributed by atoms with Crippen LogP contribution in [0.4, 0.5) is 17.1 Å². The number of anilines is 3. The van der Waals surface area contributed by atoms with Gasteiger partial charge in [-0.3, -0.25) is 0 Å². The van der Waals surface area contributed by atoms with Gasteiger partial charge in [0.25, 0.3) is 0 Å². The van der Waals surface area contributed by atoms with Crippen LogP contribution in [-0.2, 0) is 0 Å².